The molecule has 3 aromatic rings. The Morgan fingerprint density at radius 1 is 0.970 bits per heavy atom. The predicted octanol–water partition coefficient (Wildman–Crippen LogP) is 4.17. The van der Waals surface area contributed by atoms with Crippen LogP contribution in [0.3, 0.4) is 0 Å². The molecule has 2 N–H and O–H groups in total. The summed E-state index contributed by atoms with van der Waals surface area (Å²) in [7, 11) is 0. The number of hydrogen-bond donors (Lipinski definition) is 1. The molecule has 1 spiro atoms. The van der Waals surface area contributed by atoms with Crippen molar-refractivity contribution in [1.29, 1.82) is 0 Å². The van der Waals surface area contributed by atoms with Gasteiger partial charge in [-0.25, -0.2) is 9.38 Å². The van der Waals surface area contributed by atoms with Gasteiger partial charge in [-0.05, 0) is 41.8 Å². The van der Waals surface area contributed by atoms with Crippen LogP contribution in [0.2, 0.25) is 0 Å². The minimum absolute atomic E-state index is 0.122. The van der Waals surface area contributed by atoms with Crippen LogP contribution < -0.4 is 10.5 Å². The third kappa shape index (κ3) is 3.34. The van der Waals surface area contributed by atoms with Gasteiger partial charge in [0.1, 0.15) is 17.1 Å². The van der Waals surface area contributed by atoms with E-state index in [-0.39, 0.29) is 6.02 Å². The molecule has 0 aliphatic carbocycles. The van der Waals surface area contributed by atoms with Crippen LogP contribution in [-0.4, -0.2) is 35.8 Å². The molecule has 8 heteroatoms. The van der Waals surface area contributed by atoms with Crippen molar-refractivity contribution in [2.45, 2.75) is 18.4 Å². The molecule has 6 rings (SSSR count). The Morgan fingerprint density at radius 2 is 1.88 bits per heavy atom. The van der Waals surface area contributed by atoms with Crippen molar-refractivity contribution < 1.29 is 18.6 Å². The molecule has 2 aromatic heterocycles. The second-order valence-corrected chi connectivity index (χ2v) is 8.25. The van der Waals surface area contributed by atoms with Gasteiger partial charge in [-0.3, -0.25) is 9.97 Å². The lowest BCUT2D eigenvalue weighted by Gasteiger charge is -2.39. The minimum Gasteiger partial charge on any atom is -0.465 e. The lowest BCUT2D eigenvalue weighted by molar-refractivity contribution is 0.164. The van der Waals surface area contributed by atoms with E-state index < -0.39 is 11.4 Å². The van der Waals surface area contributed by atoms with Gasteiger partial charge in [-0.1, -0.05) is 12.1 Å². The van der Waals surface area contributed by atoms with E-state index in [9.17, 15) is 4.39 Å². The Bertz CT molecular complexity index is 1320. The van der Waals surface area contributed by atoms with Gasteiger partial charge in [-0.15, -0.1) is 0 Å². The quantitative estimate of drug-likeness (QED) is 0.638. The molecule has 1 atom stereocenters. The number of aliphatic imine (C=N–C) groups is 1. The number of pyridine rings is 2. The van der Waals surface area contributed by atoms with Crippen LogP contribution in [0.25, 0.3) is 16.7 Å². The Hall–Kier alpha value is -3.78. The molecule has 0 bridgehead atoms. The van der Waals surface area contributed by atoms with Gasteiger partial charge in [0.05, 0.1) is 37.9 Å². The van der Waals surface area contributed by atoms with Crippen molar-refractivity contribution in [3.63, 3.8) is 0 Å². The fourth-order valence-corrected chi connectivity index (χ4v) is 4.68. The van der Waals surface area contributed by atoms with E-state index in [1.165, 1.54) is 12.3 Å². The molecule has 3 aliphatic heterocycles. The number of aromatic nitrogens is 2. The summed E-state index contributed by atoms with van der Waals surface area (Å²) in [4.78, 5) is 13.4. The molecule has 0 amide bonds. The highest BCUT2D eigenvalue weighted by molar-refractivity contribution is 5.77. The predicted molar refractivity (Wildman–Crippen MR) is 120 cm³/mol. The van der Waals surface area contributed by atoms with Gasteiger partial charge in [-0.2, -0.15) is 0 Å². The first-order valence-corrected chi connectivity index (χ1v) is 10.8. The van der Waals surface area contributed by atoms with E-state index in [2.05, 4.69) is 16.0 Å². The average molecular weight is 444 g/mol. The summed E-state index contributed by atoms with van der Waals surface area (Å²) >= 11 is 0. The number of amidine groups is 1. The van der Waals surface area contributed by atoms with Gasteiger partial charge in [0.2, 0.25) is 0 Å². The van der Waals surface area contributed by atoms with Crippen molar-refractivity contribution >= 4 is 11.6 Å². The van der Waals surface area contributed by atoms with Gasteiger partial charge in [0, 0.05) is 29.3 Å². The summed E-state index contributed by atoms with van der Waals surface area (Å²) in [6.45, 7) is 1.63. The standard InChI is InChI=1S/C25H21FN4O3/c26-18-8-17(11-28-12-18)15-3-4-22-19(9-15)25(5-7-32-24(27)30-25)20-10-21(29-13-23(20)33-22)16-2-1-6-31-14-16/h2-4,8-13H,1,5-7,14H2,(H2,27,30). The molecular formula is C25H21FN4O3. The largest absolute Gasteiger partial charge is 0.465 e. The second kappa shape index (κ2) is 7.67. The highest BCUT2D eigenvalue weighted by atomic mass is 19.1. The Morgan fingerprint density at radius 3 is 2.70 bits per heavy atom. The first kappa shape index (κ1) is 19.9. The van der Waals surface area contributed by atoms with E-state index in [0.29, 0.717) is 43.3 Å². The topological polar surface area (TPSA) is 91.9 Å². The molecule has 1 aromatic carbocycles. The summed E-state index contributed by atoms with van der Waals surface area (Å²) in [5, 5.41) is 0. The Kier molecular flexibility index (Phi) is 4.62. The maximum Gasteiger partial charge on any atom is 0.283 e. The zero-order valence-electron chi connectivity index (χ0n) is 17.8. The zero-order chi connectivity index (χ0) is 22.4. The molecule has 3 aliphatic rings. The summed E-state index contributed by atoms with van der Waals surface area (Å²) in [6, 6.07) is 9.31. The summed E-state index contributed by atoms with van der Waals surface area (Å²) in [5.74, 6) is 0.889. The van der Waals surface area contributed by atoms with Crippen LogP contribution in [-0.2, 0) is 15.0 Å². The number of hydrogen-bond acceptors (Lipinski definition) is 7. The second-order valence-electron chi connectivity index (χ2n) is 8.25. The van der Waals surface area contributed by atoms with E-state index in [1.807, 2.05) is 24.3 Å². The number of benzene rings is 1. The van der Waals surface area contributed by atoms with Gasteiger partial charge in [0.15, 0.2) is 5.75 Å². The summed E-state index contributed by atoms with van der Waals surface area (Å²) in [6.07, 6.45) is 8.12. The highest BCUT2D eigenvalue weighted by Crippen LogP contribution is 2.52. The third-order valence-corrected chi connectivity index (χ3v) is 6.25. The van der Waals surface area contributed by atoms with E-state index in [4.69, 9.17) is 24.9 Å². The van der Waals surface area contributed by atoms with Crippen LogP contribution in [0.1, 0.15) is 29.7 Å². The number of ether oxygens (including phenoxy) is 3. The Balaban J connectivity index is 1.55. The van der Waals surface area contributed by atoms with E-state index >= 15 is 0 Å². The number of fused-ring (bicyclic) bond motifs is 4. The highest BCUT2D eigenvalue weighted by Gasteiger charge is 2.45. The van der Waals surface area contributed by atoms with E-state index in [1.54, 1.807) is 12.4 Å². The summed E-state index contributed by atoms with van der Waals surface area (Å²) < 4.78 is 31.2. The van der Waals surface area contributed by atoms with Gasteiger partial charge < -0.3 is 19.9 Å². The first-order chi connectivity index (χ1) is 16.1. The van der Waals surface area contributed by atoms with Crippen molar-refractivity contribution in [2.24, 2.45) is 10.7 Å². The minimum atomic E-state index is -0.810. The molecule has 0 fully saturated rings. The molecule has 5 heterocycles. The van der Waals surface area contributed by atoms with E-state index in [0.717, 1.165) is 34.4 Å². The molecule has 1 unspecified atom stereocenters. The SMILES string of the molecule is NC1=NC2(CCO1)c1cc(-c3cncc(F)c3)ccc1Oc1cnc(C3=CCCOC3)cc12. The number of nitrogens with two attached hydrogens (primary N) is 1. The van der Waals surface area contributed by atoms with Crippen LogP contribution in [0.4, 0.5) is 4.39 Å². The lowest BCUT2D eigenvalue weighted by atomic mass is 9.77. The first-order valence-electron chi connectivity index (χ1n) is 10.8. The molecule has 33 heavy (non-hydrogen) atoms. The van der Waals surface area contributed by atoms with Crippen LogP contribution in [0, 0.1) is 5.82 Å². The molecule has 0 saturated carbocycles. The molecule has 0 radical (unpaired) electrons. The van der Waals surface area contributed by atoms with Gasteiger partial charge in [0.25, 0.3) is 6.02 Å². The fraction of sp³-hybridized carbons (Fsp3) is 0.240. The number of nitrogens with zero attached hydrogens (tertiary/aromatic N) is 3. The number of rotatable bonds is 2. The third-order valence-electron chi connectivity index (χ3n) is 6.25. The van der Waals surface area contributed by atoms with Crippen LogP contribution in [0.15, 0.2) is 60.0 Å². The average Bonchev–Trinajstić information content (AvgIpc) is 2.85. The van der Waals surface area contributed by atoms with Crippen LogP contribution >= 0.6 is 0 Å². The van der Waals surface area contributed by atoms with Gasteiger partial charge >= 0.3 is 0 Å². The molecule has 7 nitrogen and oxygen atoms in total. The fourth-order valence-electron chi connectivity index (χ4n) is 4.68. The smallest absolute Gasteiger partial charge is 0.283 e. The zero-order valence-corrected chi connectivity index (χ0v) is 17.8. The normalized spacial score (nSPS) is 21.2. The number of halogens is 1. The molecule has 0 saturated heterocycles. The maximum atomic E-state index is 13.8. The van der Waals surface area contributed by atoms with Crippen molar-refractivity contribution in [3.8, 4) is 22.6 Å². The van der Waals surface area contributed by atoms with Crippen LogP contribution in [0.5, 0.6) is 11.5 Å². The summed E-state index contributed by atoms with van der Waals surface area (Å²) in [5.41, 5.74) is 10.3. The molecular weight excluding hydrogens is 423 g/mol. The lowest BCUT2D eigenvalue weighted by Crippen LogP contribution is -2.38. The van der Waals surface area contributed by atoms with Crippen molar-refractivity contribution in [2.75, 3.05) is 19.8 Å². The van der Waals surface area contributed by atoms with Crippen molar-refractivity contribution in [3.05, 3.63) is 77.6 Å². The Labute approximate surface area is 189 Å². The van der Waals surface area contributed by atoms with Crippen molar-refractivity contribution in [1.82, 2.24) is 9.97 Å². The monoisotopic (exact) mass is 444 g/mol. The molecule has 166 valence electrons. The maximum absolute atomic E-state index is 13.8.